The second-order valence-corrected chi connectivity index (χ2v) is 7.12. The standard InChI is InChI=1S/C13H19ClN2O4S/c1-9-11(13(17)18)7-10(14)8-12(9)21(19,20)16(3)6-4-5-15-2/h7-8,15H,4-6H2,1-3H3,(H,17,18). The first kappa shape index (κ1) is 17.9. The van der Waals surface area contributed by atoms with Crippen LogP contribution in [0.4, 0.5) is 0 Å². The Morgan fingerprint density at radius 1 is 1.43 bits per heavy atom. The predicted octanol–water partition coefficient (Wildman–Crippen LogP) is 1.58. The van der Waals surface area contributed by atoms with Gasteiger partial charge in [0, 0.05) is 18.6 Å². The zero-order valence-corrected chi connectivity index (χ0v) is 13.8. The predicted molar refractivity (Wildman–Crippen MR) is 81.5 cm³/mol. The van der Waals surface area contributed by atoms with Crippen molar-refractivity contribution in [2.75, 3.05) is 27.2 Å². The first-order valence-corrected chi connectivity index (χ1v) is 8.18. The highest BCUT2D eigenvalue weighted by atomic mass is 35.5. The fraction of sp³-hybridized carbons (Fsp3) is 0.462. The largest absolute Gasteiger partial charge is 0.478 e. The number of nitrogens with one attached hydrogen (secondary N) is 1. The Balaban J connectivity index is 3.22. The summed E-state index contributed by atoms with van der Waals surface area (Å²) < 4.78 is 26.3. The quantitative estimate of drug-likeness (QED) is 0.739. The topological polar surface area (TPSA) is 86.7 Å². The van der Waals surface area contributed by atoms with Crippen molar-refractivity contribution < 1.29 is 18.3 Å². The van der Waals surface area contributed by atoms with Crippen LogP contribution in [-0.4, -0.2) is 51.0 Å². The second-order valence-electron chi connectivity index (χ2n) is 4.67. The number of halogens is 1. The van der Waals surface area contributed by atoms with E-state index in [1.54, 1.807) is 7.05 Å². The van der Waals surface area contributed by atoms with Crippen LogP contribution in [0.3, 0.4) is 0 Å². The molecule has 0 fully saturated rings. The molecule has 0 aliphatic rings. The summed E-state index contributed by atoms with van der Waals surface area (Å²) in [6, 6.07) is 2.53. The third kappa shape index (κ3) is 4.16. The number of carbonyl (C=O) groups is 1. The van der Waals surface area contributed by atoms with Gasteiger partial charge >= 0.3 is 5.97 Å². The van der Waals surface area contributed by atoms with E-state index >= 15 is 0 Å². The first-order valence-electron chi connectivity index (χ1n) is 6.36. The Hall–Kier alpha value is -1.15. The van der Waals surface area contributed by atoms with Gasteiger partial charge in [0.15, 0.2) is 0 Å². The highest BCUT2D eigenvalue weighted by Crippen LogP contribution is 2.26. The van der Waals surface area contributed by atoms with Crippen molar-refractivity contribution in [2.24, 2.45) is 0 Å². The summed E-state index contributed by atoms with van der Waals surface area (Å²) >= 11 is 5.85. The monoisotopic (exact) mass is 334 g/mol. The van der Waals surface area contributed by atoms with Crippen LogP contribution in [0, 0.1) is 6.92 Å². The van der Waals surface area contributed by atoms with Gasteiger partial charge in [0.25, 0.3) is 0 Å². The van der Waals surface area contributed by atoms with Crippen LogP contribution in [0.15, 0.2) is 17.0 Å². The normalized spacial score (nSPS) is 11.9. The van der Waals surface area contributed by atoms with Gasteiger partial charge in [-0.25, -0.2) is 17.5 Å². The number of hydrogen-bond acceptors (Lipinski definition) is 4. The van der Waals surface area contributed by atoms with Gasteiger partial charge < -0.3 is 10.4 Å². The average molecular weight is 335 g/mol. The van der Waals surface area contributed by atoms with E-state index in [0.717, 1.165) is 0 Å². The van der Waals surface area contributed by atoms with Crippen LogP contribution in [0.2, 0.25) is 5.02 Å². The molecule has 118 valence electrons. The van der Waals surface area contributed by atoms with Gasteiger partial charge in [-0.05, 0) is 44.6 Å². The van der Waals surface area contributed by atoms with Gasteiger partial charge in [0.2, 0.25) is 10.0 Å². The third-order valence-corrected chi connectivity index (χ3v) is 5.34. The molecular formula is C13H19ClN2O4S. The summed E-state index contributed by atoms with van der Waals surface area (Å²) in [6.45, 7) is 2.49. The van der Waals surface area contributed by atoms with Crippen LogP contribution in [-0.2, 0) is 10.0 Å². The summed E-state index contributed by atoms with van der Waals surface area (Å²) in [5.41, 5.74) is 0.0806. The average Bonchev–Trinajstić information content (AvgIpc) is 2.40. The molecule has 2 N–H and O–H groups in total. The molecule has 0 saturated heterocycles. The maximum atomic E-state index is 12.5. The zero-order valence-electron chi connectivity index (χ0n) is 12.2. The van der Waals surface area contributed by atoms with Crippen molar-refractivity contribution in [1.29, 1.82) is 0 Å². The van der Waals surface area contributed by atoms with Crippen LogP contribution >= 0.6 is 11.6 Å². The van der Waals surface area contributed by atoms with Gasteiger partial charge in [-0.1, -0.05) is 11.6 Å². The van der Waals surface area contributed by atoms with Crippen LogP contribution in [0.25, 0.3) is 0 Å². The molecule has 0 aliphatic carbocycles. The molecule has 0 heterocycles. The van der Waals surface area contributed by atoms with E-state index < -0.39 is 16.0 Å². The lowest BCUT2D eigenvalue weighted by atomic mass is 10.1. The number of hydrogen-bond donors (Lipinski definition) is 2. The van der Waals surface area contributed by atoms with Crippen LogP contribution < -0.4 is 5.32 Å². The fourth-order valence-corrected chi connectivity index (χ4v) is 3.67. The highest BCUT2D eigenvalue weighted by molar-refractivity contribution is 7.89. The third-order valence-electron chi connectivity index (χ3n) is 3.14. The number of carboxylic acids is 1. The summed E-state index contributed by atoms with van der Waals surface area (Å²) in [6.07, 6.45) is 0.650. The number of benzene rings is 1. The second kappa shape index (κ2) is 7.22. The molecule has 0 bridgehead atoms. The van der Waals surface area contributed by atoms with Gasteiger partial charge in [-0.3, -0.25) is 0 Å². The minimum absolute atomic E-state index is 0.0700. The molecule has 0 unspecified atom stereocenters. The maximum absolute atomic E-state index is 12.5. The summed E-state index contributed by atoms with van der Waals surface area (Å²) in [5.74, 6) is -1.20. The van der Waals surface area contributed by atoms with Gasteiger partial charge in [0.05, 0.1) is 10.5 Å². The molecule has 0 radical (unpaired) electrons. The highest BCUT2D eigenvalue weighted by Gasteiger charge is 2.25. The molecule has 0 saturated carbocycles. The van der Waals surface area contributed by atoms with Crippen molar-refractivity contribution in [3.63, 3.8) is 0 Å². The van der Waals surface area contributed by atoms with Crippen molar-refractivity contribution in [1.82, 2.24) is 9.62 Å². The van der Waals surface area contributed by atoms with E-state index in [1.165, 1.54) is 30.4 Å². The summed E-state index contributed by atoms with van der Waals surface area (Å²) in [4.78, 5) is 11.1. The number of sulfonamides is 1. The van der Waals surface area contributed by atoms with E-state index in [0.29, 0.717) is 19.5 Å². The van der Waals surface area contributed by atoms with Crippen molar-refractivity contribution in [2.45, 2.75) is 18.2 Å². The molecule has 0 aromatic heterocycles. The van der Waals surface area contributed by atoms with E-state index in [9.17, 15) is 13.2 Å². The number of aromatic carboxylic acids is 1. The summed E-state index contributed by atoms with van der Waals surface area (Å²) in [7, 11) is -0.520. The Labute approximate surface area is 129 Å². The first-order chi connectivity index (χ1) is 9.71. The van der Waals surface area contributed by atoms with E-state index in [2.05, 4.69) is 5.32 Å². The molecule has 21 heavy (non-hydrogen) atoms. The van der Waals surface area contributed by atoms with E-state index in [1.807, 2.05) is 0 Å². The van der Waals surface area contributed by atoms with Crippen molar-refractivity contribution in [3.05, 3.63) is 28.3 Å². The Kier molecular flexibility index (Phi) is 6.15. The molecule has 1 rings (SSSR count). The van der Waals surface area contributed by atoms with Crippen molar-refractivity contribution >= 4 is 27.6 Å². The van der Waals surface area contributed by atoms with Crippen molar-refractivity contribution in [3.8, 4) is 0 Å². The Bertz CT molecular complexity index is 631. The number of rotatable bonds is 7. The molecule has 8 heteroatoms. The Morgan fingerprint density at radius 3 is 2.57 bits per heavy atom. The minimum atomic E-state index is -3.77. The van der Waals surface area contributed by atoms with E-state index in [-0.39, 0.29) is 21.0 Å². The lowest BCUT2D eigenvalue weighted by Gasteiger charge is -2.19. The van der Waals surface area contributed by atoms with Crippen LogP contribution in [0.5, 0.6) is 0 Å². The van der Waals surface area contributed by atoms with Crippen LogP contribution in [0.1, 0.15) is 22.3 Å². The molecule has 1 aromatic carbocycles. The zero-order chi connectivity index (χ0) is 16.2. The van der Waals surface area contributed by atoms with E-state index in [4.69, 9.17) is 16.7 Å². The molecular weight excluding hydrogens is 316 g/mol. The lowest BCUT2D eigenvalue weighted by Crippen LogP contribution is -2.30. The number of carboxylic acid groups (broad SMARTS) is 1. The SMILES string of the molecule is CNCCCN(C)S(=O)(=O)c1cc(Cl)cc(C(=O)O)c1C. The summed E-state index contributed by atoms with van der Waals surface area (Å²) in [5, 5.41) is 12.1. The fourth-order valence-electron chi connectivity index (χ4n) is 1.91. The minimum Gasteiger partial charge on any atom is -0.478 e. The molecule has 0 spiro atoms. The molecule has 1 aromatic rings. The molecule has 6 nitrogen and oxygen atoms in total. The van der Waals surface area contributed by atoms with Gasteiger partial charge in [0.1, 0.15) is 0 Å². The molecule has 0 amide bonds. The smallest absolute Gasteiger partial charge is 0.336 e. The maximum Gasteiger partial charge on any atom is 0.336 e. The molecule has 0 aliphatic heterocycles. The van der Waals surface area contributed by atoms with Gasteiger partial charge in [-0.15, -0.1) is 0 Å². The Morgan fingerprint density at radius 2 is 2.05 bits per heavy atom. The number of nitrogens with zero attached hydrogens (tertiary/aromatic N) is 1. The molecule has 0 atom stereocenters. The van der Waals surface area contributed by atoms with Gasteiger partial charge in [-0.2, -0.15) is 0 Å². The lowest BCUT2D eigenvalue weighted by molar-refractivity contribution is 0.0696.